The molecule has 1 N–H and O–H groups in total. The van der Waals surface area contributed by atoms with Crippen LogP contribution >= 0.6 is 24.4 Å². The van der Waals surface area contributed by atoms with Gasteiger partial charge in [-0.15, -0.1) is 0 Å². The van der Waals surface area contributed by atoms with Gasteiger partial charge in [-0.3, -0.25) is 0 Å². The minimum absolute atomic E-state index is 0. The largest absolute Gasteiger partial charge is 1.00 e. The van der Waals surface area contributed by atoms with E-state index < -0.39 is 6.09 Å². The Morgan fingerprint density at radius 1 is 1.67 bits per heavy atom. The van der Waals surface area contributed by atoms with E-state index >= 15 is 0 Å². The smallest absolute Gasteiger partial charge is 0.530 e. The number of carbonyl (C=O) groups excluding carboxylic acids is 1. The van der Waals surface area contributed by atoms with Crippen LogP contribution in [0.3, 0.4) is 0 Å². The van der Waals surface area contributed by atoms with Crippen LogP contribution in [0.5, 0.6) is 0 Å². The van der Waals surface area contributed by atoms with Crippen LogP contribution in [0.4, 0.5) is 4.79 Å². The Labute approximate surface area is 85.1 Å². The summed E-state index contributed by atoms with van der Waals surface area (Å²) < 4.78 is 0. The van der Waals surface area contributed by atoms with Gasteiger partial charge in [-0.2, -0.15) is 0 Å². The van der Waals surface area contributed by atoms with Gasteiger partial charge in [-0.05, 0) is 0 Å². The Hall–Kier alpha value is 0.450. The molecule has 0 aliphatic carbocycles. The number of hydrogen-bond acceptors (Lipinski definition) is 4. The molecule has 0 atom stereocenters. The Balaban J connectivity index is 0. The summed E-state index contributed by atoms with van der Waals surface area (Å²) in [5.74, 6) is 0. The summed E-state index contributed by atoms with van der Waals surface area (Å²) in [6.07, 6.45) is -1.43. The van der Waals surface area contributed by atoms with Gasteiger partial charge >= 0.3 is 29.6 Å². The van der Waals surface area contributed by atoms with E-state index in [9.17, 15) is 9.90 Å². The molecule has 0 heterocycles. The van der Waals surface area contributed by atoms with Crippen molar-refractivity contribution in [1.82, 2.24) is 5.32 Å². The SMILES string of the molecule is O=C([O-])NC(=S)C=S.[Na+]. The number of thiocarbonyl (C=S) groups is 2. The van der Waals surface area contributed by atoms with E-state index in [0.29, 0.717) is 0 Å². The quantitative estimate of drug-likeness (QED) is 0.325. The van der Waals surface area contributed by atoms with Crippen molar-refractivity contribution in [1.29, 1.82) is 0 Å². The summed E-state index contributed by atoms with van der Waals surface area (Å²) >= 11 is 8.61. The molecule has 0 rings (SSSR count). The Bertz CT molecular complexity index is 138. The summed E-state index contributed by atoms with van der Waals surface area (Å²) in [4.78, 5) is 9.58. The molecule has 6 heteroatoms. The van der Waals surface area contributed by atoms with E-state index in [1.165, 1.54) is 0 Å². The molecule has 0 saturated carbocycles. The number of hydrogen-bond donors (Lipinski definition) is 1. The van der Waals surface area contributed by atoms with Crippen molar-refractivity contribution in [3.8, 4) is 0 Å². The van der Waals surface area contributed by atoms with Crippen LogP contribution < -0.4 is 40.0 Å². The van der Waals surface area contributed by atoms with Crippen LogP contribution in [0.25, 0.3) is 0 Å². The van der Waals surface area contributed by atoms with Gasteiger partial charge in [-0.1, -0.05) is 24.4 Å². The van der Waals surface area contributed by atoms with Gasteiger partial charge in [0, 0.05) is 5.37 Å². The fourth-order valence-electron chi connectivity index (χ4n) is 0.130. The van der Waals surface area contributed by atoms with E-state index in [1.807, 2.05) is 0 Å². The maximum absolute atomic E-state index is 9.59. The average molecular weight is 171 g/mol. The molecular weight excluding hydrogens is 169 g/mol. The molecule has 0 fully saturated rings. The third-order valence-electron chi connectivity index (χ3n) is 0.332. The van der Waals surface area contributed by atoms with Gasteiger partial charge in [0.2, 0.25) is 0 Å². The van der Waals surface area contributed by atoms with Crippen molar-refractivity contribution in [2.45, 2.75) is 0 Å². The fourth-order valence-corrected chi connectivity index (χ4v) is 0.272. The predicted octanol–water partition coefficient (Wildman–Crippen LogP) is -3.75. The van der Waals surface area contributed by atoms with E-state index in [4.69, 9.17) is 0 Å². The predicted molar refractivity (Wildman–Crippen MR) is 34.8 cm³/mol. The summed E-state index contributed by atoms with van der Waals surface area (Å²) in [5, 5.41) is 12.4. The van der Waals surface area contributed by atoms with Gasteiger partial charge < -0.3 is 15.2 Å². The van der Waals surface area contributed by atoms with Gasteiger partial charge in [0.25, 0.3) is 0 Å². The Morgan fingerprint density at radius 2 is 2.11 bits per heavy atom. The van der Waals surface area contributed by atoms with Crippen molar-refractivity contribution in [3.63, 3.8) is 0 Å². The molecular formula is C3H2NNaO2S2. The number of rotatable bonds is 1. The van der Waals surface area contributed by atoms with Crippen molar-refractivity contribution in [2.75, 3.05) is 0 Å². The fraction of sp³-hybridized carbons (Fsp3) is 0. The number of carbonyl (C=O) groups is 1. The Morgan fingerprint density at radius 3 is 2.22 bits per heavy atom. The summed E-state index contributed by atoms with van der Waals surface area (Å²) in [6.45, 7) is 0. The zero-order chi connectivity index (χ0) is 6.57. The van der Waals surface area contributed by atoms with Crippen LogP contribution in [0.2, 0.25) is 0 Å². The molecule has 0 aromatic heterocycles. The number of carboxylic acid groups (broad SMARTS) is 1. The van der Waals surface area contributed by atoms with Crippen LogP contribution in [-0.2, 0) is 0 Å². The van der Waals surface area contributed by atoms with Crippen LogP contribution in [0, 0.1) is 0 Å². The maximum Gasteiger partial charge on any atom is 1.00 e. The third kappa shape index (κ3) is 8.45. The standard InChI is InChI=1S/C3H3NO2S2.Na/c5-3(6)4-2(8)1-7;/h1H,(H,4,8)(H,5,6);/q;+1/p-1. The van der Waals surface area contributed by atoms with Gasteiger partial charge in [0.05, 0.1) is 0 Å². The van der Waals surface area contributed by atoms with Crippen molar-refractivity contribution in [2.24, 2.45) is 0 Å². The van der Waals surface area contributed by atoms with Crippen molar-refractivity contribution < 1.29 is 39.5 Å². The number of amides is 1. The molecule has 0 aromatic rings. The summed E-state index contributed by atoms with van der Waals surface area (Å²) in [5.41, 5.74) is 0. The summed E-state index contributed by atoms with van der Waals surface area (Å²) in [7, 11) is 0. The van der Waals surface area contributed by atoms with Gasteiger partial charge in [0.15, 0.2) is 0 Å². The molecule has 1 amide bonds. The zero-order valence-corrected chi connectivity index (χ0v) is 8.34. The molecule has 0 saturated heterocycles. The molecule has 0 radical (unpaired) electrons. The minimum atomic E-state index is -1.43. The average Bonchev–Trinajstić information content (AvgIpc) is 1.65. The van der Waals surface area contributed by atoms with Gasteiger partial charge in [0.1, 0.15) is 11.1 Å². The van der Waals surface area contributed by atoms with Crippen LogP contribution in [-0.4, -0.2) is 16.4 Å². The summed E-state index contributed by atoms with van der Waals surface area (Å²) in [6, 6.07) is 0. The third-order valence-corrected chi connectivity index (χ3v) is 0.937. The van der Waals surface area contributed by atoms with E-state index in [2.05, 4.69) is 24.4 Å². The molecule has 44 valence electrons. The van der Waals surface area contributed by atoms with E-state index in [-0.39, 0.29) is 34.5 Å². The van der Waals surface area contributed by atoms with Gasteiger partial charge in [-0.25, -0.2) is 0 Å². The molecule has 0 aliphatic heterocycles. The molecule has 0 aliphatic rings. The van der Waals surface area contributed by atoms with Crippen molar-refractivity contribution >= 4 is 40.9 Å². The van der Waals surface area contributed by atoms with Crippen molar-refractivity contribution in [3.05, 3.63) is 0 Å². The minimum Gasteiger partial charge on any atom is -0.530 e. The van der Waals surface area contributed by atoms with E-state index in [0.717, 1.165) is 5.37 Å². The molecule has 9 heavy (non-hydrogen) atoms. The first-order valence-corrected chi connectivity index (χ1v) is 2.52. The normalized spacial score (nSPS) is 6.67. The topological polar surface area (TPSA) is 52.2 Å². The van der Waals surface area contributed by atoms with E-state index in [1.54, 1.807) is 5.32 Å². The second kappa shape index (κ2) is 6.57. The van der Waals surface area contributed by atoms with Crippen LogP contribution in [0.1, 0.15) is 0 Å². The Kier molecular flexibility index (Phi) is 8.87. The molecule has 0 aromatic carbocycles. The molecule has 3 nitrogen and oxygen atoms in total. The molecule has 0 unspecified atom stereocenters. The number of nitrogens with one attached hydrogen (secondary N) is 1. The molecule has 0 spiro atoms. The first kappa shape index (κ1) is 12.2. The van der Waals surface area contributed by atoms with Crippen LogP contribution in [0.15, 0.2) is 0 Å². The first-order valence-electron chi connectivity index (χ1n) is 1.64. The maximum atomic E-state index is 9.59. The zero-order valence-electron chi connectivity index (χ0n) is 4.71. The molecule has 0 bridgehead atoms. The second-order valence-corrected chi connectivity index (χ2v) is 1.57. The monoisotopic (exact) mass is 171 g/mol. The first-order chi connectivity index (χ1) is 3.66. The second-order valence-electron chi connectivity index (χ2n) is 0.895.